The van der Waals surface area contributed by atoms with Gasteiger partial charge in [-0.25, -0.2) is 0 Å². The smallest absolute Gasteiger partial charge is 0.134 e. The van der Waals surface area contributed by atoms with Crippen molar-refractivity contribution in [3.63, 3.8) is 0 Å². The van der Waals surface area contributed by atoms with Crippen molar-refractivity contribution in [1.82, 2.24) is 0 Å². The highest BCUT2D eigenvalue weighted by Crippen LogP contribution is 2.03. The first-order valence-corrected chi connectivity index (χ1v) is 3.91. The third-order valence-corrected chi connectivity index (χ3v) is 1.62. The van der Waals surface area contributed by atoms with Crippen molar-refractivity contribution in [1.29, 1.82) is 0 Å². The fraction of sp³-hybridized carbons (Fsp3) is 0.300. The Hall–Kier alpha value is -1.15. The molecule has 0 aliphatic heterocycles. The summed E-state index contributed by atoms with van der Waals surface area (Å²) in [5.74, 6) is 0.159. The Morgan fingerprint density at radius 3 is 2.75 bits per heavy atom. The average Bonchev–Trinajstić information content (AvgIpc) is 2.05. The van der Waals surface area contributed by atoms with E-state index in [9.17, 15) is 4.79 Å². The largest absolute Gasteiger partial charge is 0.326 e. The third kappa shape index (κ3) is 2.47. The Bertz CT molecular complexity index is 264. The fourth-order valence-electron chi connectivity index (χ4n) is 0.994. The molecule has 0 atom stereocenters. The van der Waals surface area contributed by atoms with E-state index in [2.05, 4.69) is 6.07 Å². The van der Waals surface area contributed by atoms with Gasteiger partial charge in [0, 0.05) is 13.0 Å². The second kappa shape index (κ2) is 4.02. The van der Waals surface area contributed by atoms with Gasteiger partial charge in [0.05, 0.1) is 0 Å². The lowest BCUT2D eigenvalue weighted by molar-refractivity contribution is -0.116. The van der Waals surface area contributed by atoms with Crippen LogP contribution in [0.1, 0.15) is 18.1 Å². The standard InChI is InChI=1S/C10H12NO/c1-8(12)6-9-2-4-10(7-11)5-3-9/h2,4-5H,6-7,11H2,1H3. The maximum absolute atomic E-state index is 10.7. The monoisotopic (exact) mass is 162 g/mol. The van der Waals surface area contributed by atoms with Gasteiger partial charge in [-0.05, 0) is 30.2 Å². The minimum Gasteiger partial charge on any atom is -0.326 e. The maximum atomic E-state index is 10.7. The number of Topliss-reactive ketones (excluding diaryl/α,β-unsaturated/α-hetero) is 1. The summed E-state index contributed by atoms with van der Waals surface area (Å²) in [6, 6.07) is 8.67. The van der Waals surface area contributed by atoms with Crippen molar-refractivity contribution in [2.24, 2.45) is 5.73 Å². The SMILES string of the molecule is CC(=O)Cc1[c]cc(CN)cc1. The van der Waals surface area contributed by atoms with Gasteiger partial charge in [0.1, 0.15) is 5.78 Å². The molecule has 0 saturated carbocycles. The maximum Gasteiger partial charge on any atom is 0.134 e. The minimum atomic E-state index is 0.159. The van der Waals surface area contributed by atoms with Crippen LogP contribution in [0, 0.1) is 6.07 Å². The molecule has 0 saturated heterocycles. The molecule has 0 aliphatic rings. The Kier molecular flexibility index (Phi) is 3.00. The molecule has 0 fully saturated rings. The first kappa shape index (κ1) is 8.94. The summed E-state index contributed by atoms with van der Waals surface area (Å²) >= 11 is 0. The van der Waals surface area contributed by atoms with Crippen LogP contribution in [-0.4, -0.2) is 5.78 Å². The molecular weight excluding hydrogens is 150 g/mol. The van der Waals surface area contributed by atoms with Crippen LogP contribution in [0.15, 0.2) is 18.2 Å². The Morgan fingerprint density at radius 2 is 2.33 bits per heavy atom. The Morgan fingerprint density at radius 1 is 1.58 bits per heavy atom. The highest BCUT2D eigenvalue weighted by molar-refractivity contribution is 5.78. The van der Waals surface area contributed by atoms with Gasteiger partial charge in [0.15, 0.2) is 0 Å². The molecule has 0 bridgehead atoms. The van der Waals surface area contributed by atoms with Crippen molar-refractivity contribution < 1.29 is 4.79 Å². The molecule has 63 valence electrons. The van der Waals surface area contributed by atoms with E-state index in [1.807, 2.05) is 18.2 Å². The Balaban J connectivity index is 2.71. The lowest BCUT2D eigenvalue weighted by atomic mass is 10.1. The molecule has 0 unspecified atom stereocenters. The summed E-state index contributed by atoms with van der Waals surface area (Å²) in [7, 11) is 0. The molecule has 2 N–H and O–H groups in total. The number of carbonyl (C=O) groups excluding carboxylic acids is 1. The third-order valence-electron chi connectivity index (χ3n) is 1.62. The topological polar surface area (TPSA) is 43.1 Å². The normalized spacial score (nSPS) is 9.83. The minimum absolute atomic E-state index is 0.159. The summed E-state index contributed by atoms with van der Waals surface area (Å²) in [4.78, 5) is 10.7. The summed E-state index contributed by atoms with van der Waals surface area (Å²) < 4.78 is 0. The van der Waals surface area contributed by atoms with Gasteiger partial charge in [-0.3, -0.25) is 4.79 Å². The van der Waals surface area contributed by atoms with Crippen LogP contribution >= 0.6 is 0 Å². The molecule has 0 heterocycles. The van der Waals surface area contributed by atoms with Crippen LogP contribution in [0.2, 0.25) is 0 Å². The quantitative estimate of drug-likeness (QED) is 0.722. The van der Waals surface area contributed by atoms with E-state index in [0.717, 1.165) is 11.1 Å². The van der Waals surface area contributed by atoms with Crippen LogP contribution in [-0.2, 0) is 17.8 Å². The first-order chi connectivity index (χ1) is 5.72. The molecule has 12 heavy (non-hydrogen) atoms. The molecule has 0 spiro atoms. The van der Waals surface area contributed by atoms with E-state index in [-0.39, 0.29) is 5.78 Å². The van der Waals surface area contributed by atoms with Crippen molar-refractivity contribution in [2.45, 2.75) is 19.9 Å². The molecule has 2 heteroatoms. The average molecular weight is 162 g/mol. The van der Waals surface area contributed by atoms with Gasteiger partial charge < -0.3 is 5.73 Å². The van der Waals surface area contributed by atoms with Crippen molar-refractivity contribution in [3.8, 4) is 0 Å². The van der Waals surface area contributed by atoms with Crippen LogP contribution < -0.4 is 5.73 Å². The van der Waals surface area contributed by atoms with E-state index in [4.69, 9.17) is 5.73 Å². The lowest BCUT2D eigenvalue weighted by Crippen LogP contribution is -1.99. The summed E-state index contributed by atoms with van der Waals surface area (Å²) in [6.45, 7) is 2.10. The molecule has 1 radical (unpaired) electrons. The number of carbonyl (C=O) groups is 1. The van der Waals surface area contributed by atoms with Gasteiger partial charge in [-0.1, -0.05) is 12.1 Å². The summed E-state index contributed by atoms with van der Waals surface area (Å²) in [5, 5.41) is 0. The van der Waals surface area contributed by atoms with E-state index in [1.165, 1.54) is 0 Å². The van der Waals surface area contributed by atoms with Gasteiger partial charge >= 0.3 is 0 Å². The number of ketones is 1. The molecule has 0 amide bonds. The van der Waals surface area contributed by atoms with E-state index < -0.39 is 0 Å². The van der Waals surface area contributed by atoms with Crippen LogP contribution in [0.3, 0.4) is 0 Å². The van der Waals surface area contributed by atoms with Crippen molar-refractivity contribution in [2.75, 3.05) is 0 Å². The predicted molar refractivity (Wildman–Crippen MR) is 47.6 cm³/mol. The summed E-state index contributed by atoms with van der Waals surface area (Å²) in [5.41, 5.74) is 7.39. The van der Waals surface area contributed by atoms with E-state index in [1.54, 1.807) is 6.92 Å². The van der Waals surface area contributed by atoms with Gasteiger partial charge in [0.2, 0.25) is 0 Å². The van der Waals surface area contributed by atoms with Crippen molar-refractivity contribution in [3.05, 3.63) is 35.4 Å². The zero-order valence-electron chi connectivity index (χ0n) is 7.13. The number of hydrogen-bond donors (Lipinski definition) is 1. The van der Waals surface area contributed by atoms with Gasteiger partial charge in [0.25, 0.3) is 0 Å². The lowest BCUT2D eigenvalue weighted by Gasteiger charge is -1.98. The molecule has 1 aromatic rings. The second-order valence-electron chi connectivity index (χ2n) is 2.81. The molecule has 1 aromatic carbocycles. The van der Waals surface area contributed by atoms with E-state index >= 15 is 0 Å². The fourth-order valence-corrected chi connectivity index (χ4v) is 0.994. The zero-order chi connectivity index (χ0) is 8.97. The number of nitrogens with two attached hydrogens (primary N) is 1. The zero-order valence-corrected chi connectivity index (χ0v) is 7.13. The number of rotatable bonds is 3. The summed E-state index contributed by atoms with van der Waals surface area (Å²) in [6.07, 6.45) is 0.463. The molecule has 2 nitrogen and oxygen atoms in total. The number of hydrogen-bond acceptors (Lipinski definition) is 2. The van der Waals surface area contributed by atoms with Gasteiger partial charge in [-0.2, -0.15) is 0 Å². The van der Waals surface area contributed by atoms with Crippen LogP contribution in [0.25, 0.3) is 0 Å². The van der Waals surface area contributed by atoms with E-state index in [0.29, 0.717) is 13.0 Å². The molecule has 0 aromatic heterocycles. The number of benzene rings is 1. The molecule has 0 aliphatic carbocycles. The Labute approximate surface area is 72.4 Å². The second-order valence-corrected chi connectivity index (χ2v) is 2.81. The molecular formula is C10H12NO. The molecule has 1 rings (SSSR count). The first-order valence-electron chi connectivity index (χ1n) is 3.91. The highest BCUT2D eigenvalue weighted by Gasteiger charge is 1.96. The predicted octanol–water partition coefficient (Wildman–Crippen LogP) is 1.08. The van der Waals surface area contributed by atoms with Crippen LogP contribution in [0.5, 0.6) is 0 Å². The highest BCUT2D eigenvalue weighted by atomic mass is 16.1. The van der Waals surface area contributed by atoms with Crippen molar-refractivity contribution >= 4 is 5.78 Å². The van der Waals surface area contributed by atoms with Gasteiger partial charge in [-0.15, -0.1) is 0 Å². The van der Waals surface area contributed by atoms with Crippen LogP contribution in [0.4, 0.5) is 0 Å².